The van der Waals surface area contributed by atoms with Crippen LogP contribution in [0.2, 0.25) is 0 Å². The van der Waals surface area contributed by atoms with Crippen LogP contribution in [0.15, 0.2) is 6.33 Å². The summed E-state index contributed by atoms with van der Waals surface area (Å²) in [6.07, 6.45) is 4.15. The van der Waals surface area contributed by atoms with Crippen LogP contribution in [-0.2, 0) is 0 Å². The maximum absolute atomic E-state index is 9.27. The van der Waals surface area contributed by atoms with Crippen molar-refractivity contribution in [3.63, 3.8) is 0 Å². The number of hydrogen-bond acceptors (Lipinski definition) is 5. The Kier molecular flexibility index (Phi) is 7.30. The van der Waals surface area contributed by atoms with Crippen molar-refractivity contribution in [2.45, 2.75) is 59.0 Å². The van der Waals surface area contributed by atoms with Gasteiger partial charge in [-0.3, -0.25) is 0 Å². The van der Waals surface area contributed by atoms with Crippen molar-refractivity contribution in [3.8, 4) is 0 Å². The van der Waals surface area contributed by atoms with Crippen LogP contribution in [0, 0.1) is 0 Å². The van der Waals surface area contributed by atoms with Gasteiger partial charge in [-0.05, 0) is 32.1 Å². The highest BCUT2D eigenvalue weighted by molar-refractivity contribution is 5.58. The van der Waals surface area contributed by atoms with Crippen LogP contribution in [0.3, 0.4) is 0 Å². The third-order valence-electron chi connectivity index (χ3n) is 3.09. The van der Waals surface area contributed by atoms with Crippen molar-refractivity contribution < 1.29 is 5.11 Å². The van der Waals surface area contributed by atoms with Gasteiger partial charge < -0.3 is 15.7 Å². The molecule has 5 nitrogen and oxygen atoms in total. The summed E-state index contributed by atoms with van der Waals surface area (Å²) in [6, 6.07) is 0. The number of aromatic nitrogens is 2. The van der Waals surface area contributed by atoms with E-state index in [0.29, 0.717) is 5.92 Å². The molecule has 0 aliphatic rings. The molecule has 0 radical (unpaired) electrons. The van der Waals surface area contributed by atoms with Gasteiger partial charge in [-0.15, -0.1) is 0 Å². The van der Waals surface area contributed by atoms with E-state index >= 15 is 0 Å². The molecule has 0 bridgehead atoms. The third-order valence-corrected chi connectivity index (χ3v) is 3.09. The van der Waals surface area contributed by atoms with E-state index in [0.717, 1.165) is 49.6 Å². The van der Waals surface area contributed by atoms with Gasteiger partial charge in [0.1, 0.15) is 18.0 Å². The Hall–Kier alpha value is -1.36. The molecule has 0 amide bonds. The van der Waals surface area contributed by atoms with E-state index in [1.807, 2.05) is 6.92 Å². The molecular formula is C15H28N4O. The van der Waals surface area contributed by atoms with E-state index in [2.05, 4.69) is 41.4 Å². The predicted octanol–water partition coefficient (Wildman–Crippen LogP) is 2.99. The van der Waals surface area contributed by atoms with Gasteiger partial charge in [0.2, 0.25) is 0 Å². The fourth-order valence-corrected chi connectivity index (χ4v) is 2.07. The molecule has 1 unspecified atom stereocenters. The van der Waals surface area contributed by atoms with Crippen LogP contribution in [0.4, 0.5) is 11.6 Å². The molecule has 1 atom stereocenters. The van der Waals surface area contributed by atoms with Gasteiger partial charge in [0.25, 0.3) is 0 Å². The van der Waals surface area contributed by atoms with E-state index in [1.165, 1.54) is 0 Å². The fraction of sp³-hybridized carbons (Fsp3) is 0.733. The minimum absolute atomic E-state index is 0.242. The molecule has 0 aromatic carbocycles. The summed E-state index contributed by atoms with van der Waals surface area (Å²) in [4.78, 5) is 8.71. The number of aliphatic hydroxyl groups excluding tert-OH is 1. The fourth-order valence-electron chi connectivity index (χ4n) is 2.07. The van der Waals surface area contributed by atoms with Gasteiger partial charge >= 0.3 is 0 Å². The van der Waals surface area contributed by atoms with Crippen LogP contribution in [0.25, 0.3) is 0 Å². The summed E-state index contributed by atoms with van der Waals surface area (Å²) < 4.78 is 0. The molecule has 0 saturated carbocycles. The highest BCUT2D eigenvalue weighted by atomic mass is 16.3. The van der Waals surface area contributed by atoms with Gasteiger partial charge in [-0.25, -0.2) is 9.97 Å². The summed E-state index contributed by atoms with van der Waals surface area (Å²) >= 11 is 0. The van der Waals surface area contributed by atoms with Crippen molar-refractivity contribution >= 4 is 11.6 Å². The molecule has 5 heteroatoms. The van der Waals surface area contributed by atoms with Crippen molar-refractivity contribution in [2.24, 2.45) is 0 Å². The summed E-state index contributed by atoms with van der Waals surface area (Å²) in [5, 5.41) is 16.0. The largest absolute Gasteiger partial charge is 0.393 e. The Morgan fingerprint density at radius 3 is 2.20 bits per heavy atom. The first kappa shape index (κ1) is 16.7. The number of hydrogen-bond donors (Lipinski definition) is 3. The van der Waals surface area contributed by atoms with Gasteiger partial charge in [0.05, 0.1) is 6.10 Å². The van der Waals surface area contributed by atoms with Crippen LogP contribution in [0.1, 0.15) is 58.4 Å². The average molecular weight is 280 g/mol. The zero-order valence-corrected chi connectivity index (χ0v) is 13.1. The number of rotatable bonds is 9. The second-order valence-electron chi connectivity index (χ2n) is 5.48. The van der Waals surface area contributed by atoms with Gasteiger partial charge in [0, 0.05) is 18.7 Å². The zero-order valence-electron chi connectivity index (χ0n) is 13.1. The van der Waals surface area contributed by atoms with E-state index < -0.39 is 0 Å². The minimum Gasteiger partial charge on any atom is -0.393 e. The molecule has 1 heterocycles. The SMILES string of the molecule is CCCNc1ncnc(NCCCC(C)O)c1C(C)C. The van der Waals surface area contributed by atoms with Gasteiger partial charge in [-0.2, -0.15) is 0 Å². The lowest BCUT2D eigenvalue weighted by molar-refractivity contribution is 0.183. The smallest absolute Gasteiger partial charge is 0.134 e. The zero-order chi connectivity index (χ0) is 15.0. The summed E-state index contributed by atoms with van der Waals surface area (Å²) in [5.74, 6) is 2.18. The minimum atomic E-state index is -0.242. The molecule has 1 aromatic heterocycles. The summed E-state index contributed by atoms with van der Waals surface area (Å²) in [6.45, 7) is 9.98. The Labute approximate surface area is 122 Å². The first-order valence-corrected chi connectivity index (χ1v) is 7.56. The van der Waals surface area contributed by atoms with Crippen LogP contribution in [-0.4, -0.2) is 34.3 Å². The van der Waals surface area contributed by atoms with Crippen molar-refractivity contribution in [1.29, 1.82) is 0 Å². The Balaban J connectivity index is 2.73. The number of nitrogens with zero attached hydrogens (tertiary/aromatic N) is 2. The molecule has 3 N–H and O–H groups in total. The molecule has 1 aromatic rings. The predicted molar refractivity (Wildman–Crippen MR) is 84.3 cm³/mol. The van der Waals surface area contributed by atoms with E-state index in [1.54, 1.807) is 6.33 Å². The van der Waals surface area contributed by atoms with Crippen molar-refractivity contribution in [1.82, 2.24) is 9.97 Å². The van der Waals surface area contributed by atoms with Crippen LogP contribution in [0.5, 0.6) is 0 Å². The molecule has 0 aliphatic carbocycles. The Morgan fingerprint density at radius 2 is 1.70 bits per heavy atom. The monoisotopic (exact) mass is 280 g/mol. The summed E-state index contributed by atoms with van der Waals surface area (Å²) in [7, 11) is 0. The number of anilines is 2. The van der Waals surface area contributed by atoms with Crippen LogP contribution < -0.4 is 10.6 Å². The molecule has 0 saturated heterocycles. The quantitative estimate of drug-likeness (QED) is 0.607. The second-order valence-corrected chi connectivity index (χ2v) is 5.48. The number of nitrogens with one attached hydrogen (secondary N) is 2. The molecule has 0 spiro atoms. The molecule has 1 rings (SSSR count). The molecule has 0 aliphatic heterocycles. The lowest BCUT2D eigenvalue weighted by Crippen LogP contribution is -2.13. The highest BCUT2D eigenvalue weighted by Crippen LogP contribution is 2.28. The van der Waals surface area contributed by atoms with Crippen molar-refractivity contribution in [3.05, 3.63) is 11.9 Å². The topological polar surface area (TPSA) is 70.1 Å². The first-order valence-electron chi connectivity index (χ1n) is 7.56. The lowest BCUT2D eigenvalue weighted by Gasteiger charge is -2.17. The third kappa shape index (κ3) is 5.33. The standard InChI is InChI=1S/C15H28N4O/c1-5-8-16-14-13(11(2)3)15(19-10-18-14)17-9-6-7-12(4)20/h10-12,20H,5-9H2,1-4H3,(H2,16,17,18,19). The average Bonchev–Trinajstić information content (AvgIpc) is 2.40. The van der Waals surface area contributed by atoms with Crippen LogP contribution >= 0.6 is 0 Å². The van der Waals surface area contributed by atoms with E-state index in [9.17, 15) is 5.11 Å². The second kappa shape index (κ2) is 8.74. The number of aliphatic hydroxyl groups is 1. The van der Waals surface area contributed by atoms with E-state index in [4.69, 9.17) is 0 Å². The van der Waals surface area contributed by atoms with E-state index in [-0.39, 0.29) is 6.10 Å². The van der Waals surface area contributed by atoms with Gasteiger partial charge in [0.15, 0.2) is 0 Å². The maximum Gasteiger partial charge on any atom is 0.134 e. The summed E-state index contributed by atoms with van der Waals surface area (Å²) in [5.41, 5.74) is 1.14. The lowest BCUT2D eigenvalue weighted by atomic mass is 10.0. The molecule has 0 fully saturated rings. The molecule has 114 valence electrons. The highest BCUT2D eigenvalue weighted by Gasteiger charge is 2.14. The normalized spacial score (nSPS) is 12.5. The maximum atomic E-state index is 9.27. The van der Waals surface area contributed by atoms with Crippen molar-refractivity contribution in [2.75, 3.05) is 23.7 Å². The first-order chi connectivity index (χ1) is 9.56. The molecule has 20 heavy (non-hydrogen) atoms. The Bertz CT molecular complexity index is 393. The molecular weight excluding hydrogens is 252 g/mol. The Morgan fingerprint density at radius 1 is 1.10 bits per heavy atom. The van der Waals surface area contributed by atoms with Gasteiger partial charge in [-0.1, -0.05) is 20.8 Å².